The molecule has 1 rings (SSSR count). The second kappa shape index (κ2) is 7.05. The van der Waals surface area contributed by atoms with Crippen LogP contribution in [-0.4, -0.2) is 28.2 Å². The SMILES string of the molecule is O=C(c1ccc(CCCO)cc1)C(Br)CCl. The molecule has 1 aromatic rings. The van der Waals surface area contributed by atoms with Crippen molar-refractivity contribution in [3.05, 3.63) is 35.4 Å². The number of hydrogen-bond donors (Lipinski definition) is 1. The first-order chi connectivity index (χ1) is 7.69. The predicted molar refractivity (Wildman–Crippen MR) is 69.6 cm³/mol. The molecule has 0 aliphatic carbocycles. The normalized spacial score (nSPS) is 12.4. The molecule has 2 nitrogen and oxygen atoms in total. The van der Waals surface area contributed by atoms with E-state index in [1.807, 2.05) is 12.1 Å². The molecule has 88 valence electrons. The van der Waals surface area contributed by atoms with E-state index in [-0.39, 0.29) is 23.1 Å². The fourth-order valence-corrected chi connectivity index (χ4v) is 1.77. The summed E-state index contributed by atoms with van der Waals surface area (Å²) in [6, 6.07) is 7.43. The Labute approximate surface area is 109 Å². The van der Waals surface area contributed by atoms with Crippen LogP contribution in [0.1, 0.15) is 22.3 Å². The van der Waals surface area contributed by atoms with Crippen LogP contribution in [-0.2, 0) is 6.42 Å². The average Bonchev–Trinajstić information content (AvgIpc) is 2.35. The molecule has 4 heteroatoms. The van der Waals surface area contributed by atoms with Crippen LogP contribution in [0.3, 0.4) is 0 Å². The van der Waals surface area contributed by atoms with Gasteiger partial charge in [-0.2, -0.15) is 0 Å². The summed E-state index contributed by atoms with van der Waals surface area (Å²) < 4.78 is 0. The van der Waals surface area contributed by atoms with E-state index in [0.717, 1.165) is 18.4 Å². The van der Waals surface area contributed by atoms with Gasteiger partial charge in [-0.3, -0.25) is 4.79 Å². The summed E-state index contributed by atoms with van der Waals surface area (Å²) in [5.74, 6) is 0.272. The van der Waals surface area contributed by atoms with Crippen LogP contribution in [0.4, 0.5) is 0 Å². The predicted octanol–water partition coefficient (Wildman–Crippen LogP) is 2.80. The molecule has 1 atom stereocenters. The Hall–Kier alpha value is -0.380. The van der Waals surface area contributed by atoms with Crippen LogP contribution in [0.2, 0.25) is 0 Å². The third-order valence-corrected chi connectivity index (χ3v) is 3.70. The topological polar surface area (TPSA) is 37.3 Å². The standard InChI is InChI=1S/C12H14BrClO2/c13-11(8-14)12(16)10-5-3-9(4-6-10)2-1-7-15/h3-6,11,15H,1-2,7-8H2. The van der Waals surface area contributed by atoms with Crippen LogP contribution in [0.15, 0.2) is 24.3 Å². The minimum absolute atomic E-state index is 0.00343. The number of carbonyl (C=O) groups excluding carboxylic acids is 1. The van der Waals surface area contributed by atoms with Crippen LogP contribution in [0.25, 0.3) is 0 Å². The summed E-state index contributed by atoms with van der Waals surface area (Å²) in [6.45, 7) is 0.191. The Balaban J connectivity index is 2.67. The first-order valence-electron chi connectivity index (χ1n) is 5.13. The quantitative estimate of drug-likeness (QED) is 0.648. The van der Waals surface area contributed by atoms with Gasteiger partial charge in [-0.25, -0.2) is 0 Å². The lowest BCUT2D eigenvalue weighted by atomic mass is 10.0. The van der Waals surface area contributed by atoms with Crippen LogP contribution in [0.5, 0.6) is 0 Å². The molecule has 1 aromatic carbocycles. The van der Waals surface area contributed by atoms with Crippen molar-refractivity contribution in [2.24, 2.45) is 0 Å². The van der Waals surface area contributed by atoms with Crippen molar-refractivity contribution in [3.8, 4) is 0 Å². The fraction of sp³-hybridized carbons (Fsp3) is 0.417. The van der Waals surface area contributed by atoms with Crippen molar-refractivity contribution in [1.29, 1.82) is 0 Å². The molecule has 0 saturated carbocycles. The lowest BCUT2D eigenvalue weighted by Gasteiger charge is -2.06. The van der Waals surface area contributed by atoms with E-state index < -0.39 is 0 Å². The third-order valence-electron chi connectivity index (χ3n) is 2.28. The first-order valence-corrected chi connectivity index (χ1v) is 6.58. The molecule has 1 N–H and O–H groups in total. The minimum Gasteiger partial charge on any atom is -0.396 e. The van der Waals surface area contributed by atoms with Crippen molar-refractivity contribution in [1.82, 2.24) is 0 Å². The summed E-state index contributed by atoms with van der Waals surface area (Å²) in [6.07, 6.45) is 1.58. The number of ketones is 1. The fourth-order valence-electron chi connectivity index (χ4n) is 1.37. The number of aryl methyl sites for hydroxylation is 1. The van der Waals surface area contributed by atoms with Gasteiger partial charge in [0, 0.05) is 18.1 Å². The summed E-state index contributed by atoms with van der Waals surface area (Å²) >= 11 is 8.83. The van der Waals surface area contributed by atoms with Crippen molar-refractivity contribution in [3.63, 3.8) is 0 Å². The lowest BCUT2D eigenvalue weighted by molar-refractivity contribution is 0.0997. The summed E-state index contributed by atoms with van der Waals surface area (Å²) in [5, 5.41) is 8.70. The van der Waals surface area contributed by atoms with Gasteiger partial charge >= 0.3 is 0 Å². The molecule has 0 fully saturated rings. The molecule has 0 amide bonds. The highest BCUT2D eigenvalue weighted by Crippen LogP contribution is 2.13. The van der Waals surface area contributed by atoms with Crippen molar-refractivity contribution in [2.75, 3.05) is 12.5 Å². The Kier molecular flexibility index (Phi) is 6.03. The largest absolute Gasteiger partial charge is 0.396 e. The maximum absolute atomic E-state index is 11.7. The molecule has 0 aliphatic rings. The molecule has 0 spiro atoms. The van der Waals surface area contributed by atoms with Crippen LogP contribution >= 0.6 is 27.5 Å². The number of Topliss-reactive ketones (excluding diaryl/α,β-unsaturated/α-hetero) is 1. The van der Waals surface area contributed by atoms with E-state index in [4.69, 9.17) is 16.7 Å². The van der Waals surface area contributed by atoms with Gasteiger partial charge in [0.15, 0.2) is 5.78 Å². The third kappa shape index (κ3) is 3.89. The number of aliphatic hydroxyl groups is 1. The molecular weight excluding hydrogens is 291 g/mol. The molecule has 0 bridgehead atoms. The number of hydrogen-bond acceptors (Lipinski definition) is 2. The average molecular weight is 306 g/mol. The van der Waals surface area contributed by atoms with E-state index in [1.54, 1.807) is 12.1 Å². The molecule has 16 heavy (non-hydrogen) atoms. The van der Waals surface area contributed by atoms with Gasteiger partial charge in [0.1, 0.15) is 0 Å². The minimum atomic E-state index is -0.322. The molecular formula is C12H14BrClO2. The van der Waals surface area contributed by atoms with Gasteiger partial charge in [0.2, 0.25) is 0 Å². The number of aliphatic hydroxyl groups excluding tert-OH is 1. The Morgan fingerprint density at radius 1 is 1.38 bits per heavy atom. The highest BCUT2D eigenvalue weighted by Gasteiger charge is 2.15. The van der Waals surface area contributed by atoms with E-state index in [2.05, 4.69) is 15.9 Å². The number of carbonyl (C=O) groups is 1. The van der Waals surface area contributed by atoms with Gasteiger partial charge in [0.05, 0.1) is 4.83 Å². The number of rotatable bonds is 6. The maximum Gasteiger partial charge on any atom is 0.177 e. The Morgan fingerprint density at radius 2 is 2.00 bits per heavy atom. The zero-order valence-corrected chi connectivity index (χ0v) is 11.2. The van der Waals surface area contributed by atoms with E-state index in [1.165, 1.54) is 0 Å². The molecule has 0 aromatic heterocycles. The van der Waals surface area contributed by atoms with Crippen molar-refractivity contribution >= 4 is 33.3 Å². The zero-order chi connectivity index (χ0) is 12.0. The summed E-state index contributed by atoms with van der Waals surface area (Å²) in [4.78, 5) is 11.4. The second-order valence-corrected chi connectivity index (χ2v) is 4.92. The second-order valence-electron chi connectivity index (χ2n) is 3.51. The highest BCUT2D eigenvalue weighted by atomic mass is 79.9. The number of alkyl halides is 2. The molecule has 0 radical (unpaired) electrons. The Morgan fingerprint density at radius 3 is 2.50 bits per heavy atom. The molecule has 1 unspecified atom stereocenters. The molecule has 0 aliphatic heterocycles. The van der Waals surface area contributed by atoms with Gasteiger partial charge in [0.25, 0.3) is 0 Å². The lowest BCUT2D eigenvalue weighted by Crippen LogP contribution is -2.15. The smallest absolute Gasteiger partial charge is 0.177 e. The highest BCUT2D eigenvalue weighted by molar-refractivity contribution is 9.10. The van der Waals surface area contributed by atoms with E-state index in [9.17, 15) is 4.79 Å². The van der Waals surface area contributed by atoms with Gasteiger partial charge in [-0.15, -0.1) is 11.6 Å². The monoisotopic (exact) mass is 304 g/mol. The maximum atomic E-state index is 11.7. The van der Waals surface area contributed by atoms with Gasteiger partial charge in [-0.05, 0) is 18.4 Å². The summed E-state index contributed by atoms with van der Waals surface area (Å²) in [5.41, 5.74) is 1.79. The summed E-state index contributed by atoms with van der Waals surface area (Å²) in [7, 11) is 0. The number of benzene rings is 1. The Bertz CT molecular complexity index is 337. The van der Waals surface area contributed by atoms with Crippen LogP contribution < -0.4 is 0 Å². The van der Waals surface area contributed by atoms with E-state index in [0.29, 0.717) is 5.56 Å². The van der Waals surface area contributed by atoms with E-state index >= 15 is 0 Å². The van der Waals surface area contributed by atoms with Gasteiger partial charge in [-0.1, -0.05) is 40.2 Å². The number of halogens is 2. The molecule has 0 heterocycles. The first kappa shape index (κ1) is 13.7. The zero-order valence-electron chi connectivity index (χ0n) is 8.83. The van der Waals surface area contributed by atoms with Crippen molar-refractivity contribution < 1.29 is 9.90 Å². The van der Waals surface area contributed by atoms with Crippen LogP contribution in [0, 0.1) is 0 Å². The van der Waals surface area contributed by atoms with Crippen molar-refractivity contribution in [2.45, 2.75) is 17.7 Å². The molecule has 0 saturated heterocycles. The van der Waals surface area contributed by atoms with Gasteiger partial charge < -0.3 is 5.11 Å².